The molecule has 200 valence electrons. The highest BCUT2D eigenvalue weighted by atomic mass is 79.9. The topological polar surface area (TPSA) is 47.1 Å². The van der Waals surface area contributed by atoms with Gasteiger partial charge in [0.2, 0.25) is 6.33 Å². The minimum absolute atomic E-state index is 0. The molecule has 0 saturated carbocycles. The van der Waals surface area contributed by atoms with Crippen molar-refractivity contribution in [3.8, 4) is 0 Å². The lowest BCUT2D eigenvalue weighted by Crippen LogP contribution is -3.00. The van der Waals surface area contributed by atoms with Gasteiger partial charge in [0.15, 0.2) is 6.04 Å². The molecule has 0 spiro atoms. The lowest BCUT2D eigenvalue weighted by molar-refractivity contribution is -0.705. The largest absolute Gasteiger partial charge is 1.00 e. The van der Waals surface area contributed by atoms with E-state index in [-0.39, 0.29) is 29.5 Å². The van der Waals surface area contributed by atoms with Crippen LogP contribution in [-0.4, -0.2) is 10.5 Å². The molecule has 2 unspecified atom stereocenters. The molecule has 1 amide bonds. The molecule has 0 aliphatic carbocycles. The Morgan fingerprint density at radius 2 is 1.63 bits per heavy atom. The highest BCUT2D eigenvalue weighted by molar-refractivity contribution is 6.35. The number of para-hydroxylation sites is 1. The molecule has 1 N–H and O–H groups in total. The number of amides is 1. The van der Waals surface area contributed by atoms with E-state index in [9.17, 15) is 4.79 Å². The van der Waals surface area contributed by atoms with E-state index in [0.717, 1.165) is 11.1 Å². The maximum Gasteiger partial charge on any atom is 0.269 e. The SMILES string of the molecule is CC(C(=O)Nc1ccccc1Cl)n1cc[n+](CC(OCc2ccc(Cl)cc2Cl)c2ccc(Cl)cc2Cl)c1.[Br-]. The number of nitrogens with one attached hydrogen (secondary N) is 1. The number of anilines is 1. The van der Waals surface area contributed by atoms with E-state index in [2.05, 4.69) is 5.32 Å². The fourth-order valence-electron chi connectivity index (χ4n) is 3.71. The lowest BCUT2D eigenvalue weighted by Gasteiger charge is -2.19. The monoisotopic (exact) mass is 675 g/mol. The van der Waals surface area contributed by atoms with Crippen LogP contribution in [0.5, 0.6) is 0 Å². The summed E-state index contributed by atoms with van der Waals surface area (Å²) in [6.07, 6.45) is 5.11. The molecular formula is C27H23BrCl5N3O2. The summed E-state index contributed by atoms with van der Waals surface area (Å²) >= 11 is 31.2. The quantitative estimate of drug-likeness (QED) is 0.248. The second kappa shape index (κ2) is 14.0. The molecule has 0 saturated heterocycles. The predicted octanol–water partition coefficient (Wildman–Crippen LogP) is 5.20. The molecule has 0 aliphatic heterocycles. The summed E-state index contributed by atoms with van der Waals surface area (Å²) in [5, 5.41) is 5.44. The van der Waals surface area contributed by atoms with Gasteiger partial charge >= 0.3 is 0 Å². The normalized spacial score (nSPS) is 12.5. The van der Waals surface area contributed by atoms with Gasteiger partial charge in [-0.3, -0.25) is 4.79 Å². The number of hydrogen-bond donors (Lipinski definition) is 1. The van der Waals surface area contributed by atoms with Crippen molar-refractivity contribution in [2.45, 2.75) is 32.2 Å². The van der Waals surface area contributed by atoms with Crippen molar-refractivity contribution >= 4 is 69.6 Å². The molecule has 1 heterocycles. The summed E-state index contributed by atoms with van der Waals surface area (Å²) in [5.41, 5.74) is 2.14. The van der Waals surface area contributed by atoms with E-state index < -0.39 is 12.1 Å². The summed E-state index contributed by atoms with van der Waals surface area (Å²) in [4.78, 5) is 12.8. The summed E-state index contributed by atoms with van der Waals surface area (Å²) in [6, 6.07) is 17.2. The third-order valence-corrected chi connectivity index (χ3v) is 7.29. The first-order valence-electron chi connectivity index (χ1n) is 11.3. The van der Waals surface area contributed by atoms with E-state index >= 15 is 0 Å². The van der Waals surface area contributed by atoms with Crippen molar-refractivity contribution in [2.24, 2.45) is 0 Å². The fraction of sp³-hybridized carbons (Fsp3) is 0.185. The van der Waals surface area contributed by atoms with Crippen molar-refractivity contribution < 1.29 is 31.1 Å². The van der Waals surface area contributed by atoms with Gasteiger partial charge in [-0.25, -0.2) is 9.13 Å². The molecule has 0 bridgehead atoms. The third-order valence-electron chi connectivity index (χ3n) is 5.81. The van der Waals surface area contributed by atoms with Crippen LogP contribution in [0, 0.1) is 0 Å². The lowest BCUT2D eigenvalue weighted by atomic mass is 10.1. The summed E-state index contributed by atoms with van der Waals surface area (Å²) in [6.45, 7) is 2.49. The van der Waals surface area contributed by atoms with Crippen LogP contribution in [-0.2, 0) is 22.7 Å². The number of carbonyl (C=O) groups is 1. The van der Waals surface area contributed by atoms with Crippen LogP contribution in [0.1, 0.15) is 30.2 Å². The number of rotatable bonds is 9. The maximum absolute atomic E-state index is 12.8. The van der Waals surface area contributed by atoms with Crippen LogP contribution in [0.25, 0.3) is 0 Å². The molecule has 5 nitrogen and oxygen atoms in total. The first kappa shape index (κ1) is 30.8. The number of benzene rings is 3. The first-order valence-corrected chi connectivity index (χ1v) is 13.2. The van der Waals surface area contributed by atoms with Gasteiger partial charge < -0.3 is 27.0 Å². The number of imidazole rings is 1. The van der Waals surface area contributed by atoms with Crippen LogP contribution in [0.15, 0.2) is 79.4 Å². The zero-order chi connectivity index (χ0) is 26.5. The van der Waals surface area contributed by atoms with E-state index in [4.69, 9.17) is 62.7 Å². The van der Waals surface area contributed by atoms with Gasteiger partial charge in [0.25, 0.3) is 5.91 Å². The Bertz CT molecular complexity index is 1420. The minimum Gasteiger partial charge on any atom is -1.00 e. The van der Waals surface area contributed by atoms with Crippen LogP contribution in [0.4, 0.5) is 5.69 Å². The summed E-state index contributed by atoms with van der Waals surface area (Å²) < 4.78 is 10.0. The van der Waals surface area contributed by atoms with Crippen LogP contribution in [0.3, 0.4) is 0 Å². The van der Waals surface area contributed by atoms with E-state index in [1.165, 1.54) is 0 Å². The van der Waals surface area contributed by atoms with Gasteiger partial charge in [-0.05, 0) is 48.9 Å². The van der Waals surface area contributed by atoms with Crippen LogP contribution >= 0.6 is 58.0 Å². The Balaban J connectivity index is 0.00000400. The Labute approximate surface area is 256 Å². The van der Waals surface area contributed by atoms with Crippen molar-refractivity contribution in [1.82, 2.24) is 4.57 Å². The second-order valence-corrected chi connectivity index (χ2v) is 10.5. The Morgan fingerprint density at radius 1 is 0.947 bits per heavy atom. The molecule has 0 fully saturated rings. The molecule has 4 rings (SSSR count). The Hall–Kier alpha value is -1.77. The van der Waals surface area contributed by atoms with Crippen molar-refractivity contribution in [3.63, 3.8) is 0 Å². The highest BCUT2D eigenvalue weighted by Crippen LogP contribution is 2.31. The number of ether oxygens (including phenoxy) is 1. The summed E-state index contributed by atoms with van der Waals surface area (Å²) in [5.74, 6) is -0.193. The fourth-order valence-corrected chi connectivity index (χ4v) is 4.88. The van der Waals surface area contributed by atoms with Crippen molar-refractivity contribution in [2.75, 3.05) is 5.32 Å². The van der Waals surface area contributed by atoms with Gasteiger partial charge in [0, 0.05) is 25.7 Å². The van der Waals surface area contributed by atoms with Gasteiger partial charge in [-0.15, -0.1) is 0 Å². The number of carbonyl (C=O) groups excluding carboxylic acids is 1. The first-order chi connectivity index (χ1) is 17.7. The zero-order valence-corrected chi connectivity index (χ0v) is 25.4. The zero-order valence-electron chi connectivity index (χ0n) is 20.1. The number of halogens is 6. The predicted molar refractivity (Wildman–Crippen MR) is 150 cm³/mol. The molecule has 4 aromatic rings. The van der Waals surface area contributed by atoms with Crippen LogP contribution < -0.4 is 26.9 Å². The molecule has 0 aliphatic rings. The van der Waals surface area contributed by atoms with Gasteiger partial charge in [0.1, 0.15) is 25.0 Å². The van der Waals surface area contributed by atoms with Crippen molar-refractivity contribution in [3.05, 3.63) is 116 Å². The molecule has 38 heavy (non-hydrogen) atoms. The Morgan fingerprint density at radius 3 is 2.32 bits per heavy atom. The smallest absolute Gasteiger partial charge is 0.269 e. The molecule has 3 aromatic carbocycles. The maximum atomic E-state index is 12.8. The average molecular weight is 679 g/mol. The number of hydrogen-bond acceptors (Lipinski definition) is 2. The average Bonchev–Trinajstić information content (AvgIpc) is 3.32. The van der Waals surface area contributed by atoms with E-state index in [1.54, 1.807) is 36.4 Å². The number of aromatic nitrogens is 2. The molecular weight excluding hydrogens is 655 g/mol. The third kappa shape index (κ3) is 7.89. The number of nitrogens with zero attached hydrogens (tertiary/aromatic N) is 2. The minimum atomic E-state index is -0.483. The Kier molecular flexibility index (Phi) is 11.4. The van der Waals surface area contributed by atoms with Gasteiger partial charge in [0.05, 0.1) is 17.3 Å². The van der Waals surface area contributed by atoms with Crippen molar-refractivity contribution in [1.29, 1.82) is 0 Å². The van der Waals surface area contributed by atoms with Gasteiger partial charge in [-0.2, -0.15) is 0 Å². The van der Waals surface area contributed by atoms with Gasteiger partial charge in [-0.1, -0.05) is 82.3 Å². The highest BCUT2D eigenvalue weighted by Gasteiger charge is 2.24. The van der Waals surface area contributed by atoms with Crippen LogP contribution in [0.2, 0.25) is 25.1 Å². The molecule has 2 atom stereocenters. The molecule has 1 aromatic heterocycles. The molecule has 0 radical (unpaired) electrons. The second-order valence-electron chi connectivity index (χ2n) is 8.40. The standard InChI is InChI=1S/C27H22Cl5N3O2.BrH/c1-17(27(36)33-25-5-3-2-4-22(25)30)35-11-10-34(16-35)14-26(21-9-8-20(29)13-24(21)32)37-15-18-6-7-19(28)12-23(18)31;/h2-13,16-17,26H,14-15H2,1H3;1H. The molecule has 11 heteroatoms. The van der Waals surface area contributed by atoms with E-state index in [1.807, 2.05) is 59.0 Å². The van der Waals surface area contributed by atoms with E-state index in [0.29, 0.717) is 37.3 Å². The summed E-state index contributed by atoms with van der Waals surface area (Å²) in [7, 11) is 0.